The van der Waals surface area contributed by atoms with E-state index < -0.39 is 0 Å². The second kappa shape index (κ2) is 9.31. The Kier molecular flexibility index (Phi) is 6.25. The number of carbonyl (C=O) groups excluding carboxylic acids is 2. The highest BCUT2D eigenvalue weighted by molar-refractivity contribution is 14.1. The number of aromatic nitrogens is 1. The fourth-order valence-electron chi connectivity index (χ4n) is 4.52. The van der Waals surface area contributed by atoms with Gasteiger partial charge in [0.25, 0.3) is 5.91 Å². The smallest absolute Gasteiger partial charge is 0.309 e. The Bertz CT molecular complexity index is 1340. The zero-order valence-corrected chi connectivity index (χ0v) is 20.7. The van der Waals surface area contributed by atoms with Crippen molar-refractivity contribution < 1.29 is 14.3 Å². The van der Waals surface area contributed by atoms with Gasteiger partial charge in [-0.25, -0.2) is 0 Å². The lowest BCUT2D eigenvalue weighted by Crippen LogP contribution is -2.26. The van der Waals surface area contributed by atoms with Crippen LogP contribution in [0.25, 0.3) is 10.9 Å². The summed E-state index contributed by atoms with van der Waals surface area (Å²) in [6, 6.07) is 22.8. The summed E-state index contributed by atoms with van der Waals surface area (Å²) in [7, 11) is 0. The highest BCUT2D eigenvalue weighted by atomic mass is 127. The van der Waals surface area contributed by atoms with Crippen LogP contribution in [0.4, 0.5) is 0 Å². The van der Waals surface area contributed by atoms with E-state index in [2.05, 4.69) is 22.6 Å². The van der Waals surface area contributed by atoms with Crippen LogP contribution < -0.4 is 0 Å². The molecular formula is C27H21ClINO3. The lowest BCUT2D eigenvalue weighted by atomic mass is 9.86. The van der Waals surface area contributed by atoms with Crippen molar-refractivity contribution in [3.05, 3.63) is 104 Å². The molecule has 4 nitrogen and oxygen atoms in total. The van der Waals surface area contributed by atoms with Gasteiger partial charge >= 0.3 is 5.97 Å². The number of hydrogen-bond donors (Lipinski definition) is 0. The first-order valence-corrected chi connectivity index (χ1v) is 12.3. The fourth-order valence-corrected chi connectivity index (χ4v) is 5.00. The van der Waals surface area contributed by atoms with Gasteiger partial charge in [-0.2, -0.15) is 0 Å². The average molecular weight is 570 g/mol. The Morgan fingerprint density at radius 2 is 1.73 bits per heavy atom. The van der Waals surface area contributed by atoms with E-state index in [9.17, 15) is 9.59 Å². The third-order valence-corrected chi connectivity index (χ3v) is 7.16. The van der Waals surface area contributed by atoms with Gasteiger partial charge in [0.05, 0.1) is 11.4 Å². The maximum atomic E-state index is 13.4. The summed E-state index contributed by atoms with van der Waals surface area (Å²) >= 11 is 8.26. The van der Waals surface area contributed by atoms with E-state index in [1.807, 2.05) is 48.5 Å². The number of halogens is 2. The Morgan fingerprint density at radius 3 is 2.48 bits per heavy atom. The maximum Gasteiger partial charge on any atom is 0.309 e. The van der Waals surface area contributed by atoms with Crippen molar-refractivity contribution in [3.8, 4) is 0 Å². The number of carbonyl (C=O) groups is 2. The van der Waals surface area contributed by atoms with Crippen molar-refractivity contribution in [3.63, 3.8) is 0 Å². The number of para-hydroxylation sites is 1. The van der Waals surface area contributed by atoms with E-state index in [1.165, 1.54) is 0 Å². The van der Waals surface area contributed by atoms with Gasteiger partial charge in [0.15, 0.2) is 0 Å². The first-order chi connectivity index (χ1) is 16.0. The van der Waals surface area contributed by atoms with Crippen molar-refractivity contribution in [2.75, 3.05) is 0 Å². The molecule has 4 aromatic rings. The SMILES string of the molecule is O=C(OCc1ccc(I)cc1)C1CCc2c(c3ccccc3n2C(=O)c2ccc(Cl)cc2)C1. The summed E-state index contributed by atoms with van der Waals surface area (Å²) in [6.07, 6.45) is 1.87. The molecule has 0 amide bonds. The number of fused-ring (bicyclic) bond motifs is 3. The number of ether oxygens (including phenoxy) is 1. The predicted octanol–water partition coefficient (Wildman–Crippen LogP) is 6.44. The second-order valence-electron chi connectivity index (χ2n) is 8.26. The molecule has 1 heterocycles. The summed E-state index contributed by atoms with van der Waals surface area (Å²) in [5.74, 6) is -0.477. The van der Waals surface area contributed by atoms with E-state index in [1.54, 1.807) is 28.8 Å². The van der Waals surface area contributed by atoms with Crippen LogP contribution in [-0.2, 0) is 29.0 Å². The number of nitrogens with zero attached hydrogens (tertiary/aromatic N) is 1. The number of hydrogen-bond acceptors (Lipinski definition) is 3. The molecule has 0 saturated heterocycles. The monoisotopic (exact) mass is 569 g/mol. The first kappa shape index (κ1) is 22.2. The van der Waals surface area contributed by atoms with Crippen molar-refractivity contribution in [2.45, 2.75) is 25.9 Å². The molecule has 0 radical (unpaired) electrons. The molecule has 1 aliphatic rings. The topological polar surface area (TPSA) is 48.3 Å². The van der Waals surface area contributed by atoms with Gasteiger partial charge < -0.3 is 4.74 Å². The quantitative estimate of drug-likeness (QED) is 0.210. The van der Waals surface area contributed by atoms with Crippen LogP contribution in [0.1, 0.15) is 33.6 Å². The zero-order valence-electron chi connectivity index (χ0n) is 17.8. The molecular weight excluding hydrogens is 549 g/mol. The molecule has 0 fully saturated rings. The molecule has 6 heteroatoms. The predicted molar refractivity (Wildman–Crippen MR) is 138 cm³/mol. The van der Waals surface area contributed by atoms with Crippen molar-refractivity contribution >= 4 is 57.0 Å². The minimum Gasteiger partial charge on any atom is -0.461 e. The minimum atomic E-state index is -0.216. The minimum absolute atomic E-state index is 0.0798. The van der Waals surface area contributed by atoms with Gasteiger partial charge in [-0.15, -0.1) is 0 Å². The molecule has 0 saturated carbocycles. The van der Waals surface area contributed by atoms with Gasteiger partial charge in [0.2, 0.25) is 0 Å². The molecule has 166 valence electrons. The van der Waals surface area contributed by atoms with Crippen LogP contribution in [-0.4, -0.2) is 16.4 Å². The van der Waals surface area contributed by atoms with Gasteiger partial charge in [-0.1, -0.05) is 41.9 Å². The van der Waals surface area contributed by atoms with Gasteiger partial charge in [-0.3, -0.25) is 14.2 Å². The van der Waals surface area contributed by atoms with Gasteiger partial charge in [0.1, 0.15) is 6.61 Å². The molecule has 33 heavy (non-hydrogen) atoms. The van der Waals surface area contributed by atoms with Crippen LogP contribution in [0.2, 0.25) is 5.02 Å². The maximum absolute atomic E-state index is 13.4. The van der Waals surface area contributed by atoms with E-state index in [0.717, 1.165) is 31.3 Å². The molecule has 0 aliphatic heterocycles. The summed E-state index contributed by atoms with van der Waals surface area (Å²) in [6.45, 7) is 0.274. The third kappa shape index (κ3) is 4.44. The van der Waals surface area contributed by atoms with Crippen molar-refractivity contribution in [1.29, 1.82) is 0 Å². The van der Waals surface area contributed by atoms with Gasteiger partial charge in [-0.05, 0) is 95.4 Å². The van der Waals surface area contributed by atoms with Crippen LogP contribution in [0.5, 0.6) is 0 Å². The largest absolute Gasteiger partial charge is 0.461 e. The first-order valence-electron chi connectivity index (χ1n) is 10.8. The highest BCUT2D eigenvalue weighted by Gasteiger charge is 2.32. The van der Waals surface area contributed by atoms with E-state index >= 15 is 0 Å². The number of benzene rings is 3. The summed E-state index contributed by atoms with van der Waals surface area (Å²) in [4.78, 5) is 26.3. The standard InChI is InChI=1S/C27H21ClINO3/c28-20-10-7-18(8-11-20)26(31)30-24-4-2-1-3-22(24)23-15-19(9-14-25(23)30)27(32)33-16-17-5-12-21(29)13-6-17/h1-8,10-13,19H,9,14-16H2. The molecule has 0 N–H and O–H groups in total. The summed E-state index contributed by atoms with van der Waals surface area (Å²) in [5, 5.41) is 1.61. The highest BCUT2D eigenvalue weighted by Crippen LogP contribution is 2.35. The zero-order chi connectivity index (χ0) is 22.9. The molecule has 0 spiro atoms. The van der Waals surface area contributed by atoms with Crippen molar-refractivity contribution in [1.82, 2.24) is 4.57 Å². The summed E-state index contributed by atoms with van der Waals surface area (Å²) < 4.78 is 8.59. The third-order valence-electron chi connectivity index (χ3n) is 6.19. The summed E-state index contributed by atoms with van der Waals surface area (Å²) in [5.41, 5.74) is 4.48. The van der Waals surface area contributed by atoms with Crippen LogP contribution in [0.3, 0.4) is 0 Å². The van der Waals surface area contributed by atoms with E-state index in [-0.39, 0.29) is 24.4 Å². The van der Waals surface area contributed by atoms with Gasteiger partial charge in [0, 0.05) is 25.2 Å². The molecule has 0 bridgehead atoms. The number of esters is 1. The Balaban J connectivity index is 1.41. The Labute approximate surface area is 210 Å². The van der Waals surface area contributed by atoms with Crippen molar-refractivity contribution in [2.24, 2.45) is 5.92 Å². The molecule has 1 aliphatic carbocycles. The normalized spacial score (nSPS) is 15.3. The van der Waals surface area contributed by atoms with E-state index in [0.29, 0.717) is 29.8 Å². The Hall–Kier alpha value is -2.64. The van der Waals surface area contributed by atoms with E-state index in [4.69, 9.17) is 16.3 Å². The average Bonchev–Trinajstić information content (AvgIpc) is 3.17. The second-order valence-corrected chi connectivity index (χ2v) is 9.95. The van der Waals surface area contributed by atoms with Crippen LogP contribution in [0, 0.1) is 9.49 Å². The fraction of sp³-hybridized carbons (Fsp3) is 0.185. The molecule has 3 aromatic carbocycles. The molecule has 5 rings (SSSR count). The lowest BCUT2D eigenvalue weighted by Gasteiger charge is -2.22. The molecule has 1 unspecified atom stereocenters. The molecule has 1 atom stereocenters. The number of rotatable bonds is 4. The Morgan fingerprint density at radius 1 is 1.00 bits per heavy atom. The lowest BCUT2D eigenvalue weighted by molar-refractivity contribution is -0.150. The molecule has 1 aromatic heterocycles. The van der Waals surface area contributed by atoms with Crippen LogP contribution >= 0.6 is 34.2 Å². The van der Waals surface area contributed by atoms with Crippen LogP contribution in [0.15, 0.2) is 72.8 Å².